The van der Waals surface area contributed by atoms with Gasteiger partial charge in [0.15, 0.2) is 0 Å². The van der Waals surface area contributed by atoms with Crippen LogP contribution in [0, 0.1) is 0 Å². The van der Waals surface area contributed by atoms with Crippen molar-refractivity contribution in [3.8, 4) is 5.75 Å². The van der Waals surface area contributed by atoms with E-state index in [-0.39, 0.29) is 0 Å². The standard InChI is InChI=1S/C12H15FO/c1-14-11-5-3-10(4-6-11)9-12(13)7-2-8-12/h3-6H,2,7-9H2,1H3. The highest BCUT2D eigenvalue weighted by Gasteiger charge is 2.36. The fourth-order valence-electron chi connectivity index (χ4n) is 1.85. The molecule has 2 heteroatoms. The van der Waals surface area contributed by atoms with Gasteiger partial charge in [0.1, 0.15) is 11.4 Å². The summed E-state index contributed by atoms with van der Waals surface area (Å²) in [6.45, 7) is 0. The van der Waals surface area contributed by atoms with Gasteiger partial charge >= 0.3 is 0 Å². The molecule has 1 aliphatic rings. The minimum Gasteiger partial charge on any atom is -0.497 e. The molecule has 0 aromatic heterocycles. The zero-order valence-electron chi connectivity index (χ0n) is 8.42. The molecule has 0 unspecified atom stereocenters. The number of rotatable bonds is 3. The molecular formula is C12H15FO. The molecule has 0 heterocycles. The van der Waals surface area contributed by atoms with Crippen LogP contribution in [0.2, 0.25) is 0 Å². The lowest BCUT2D eigenvalue weighted by atomic mass is 9.78. The summed E-state index contributed by atoms with van der Waals surface area (Å²) < 4.78 is 18.8. The van der Waals surface area contributed by atoms with E-state index in [2.05, 4.69) is 0 Å². The van der Waals surface area contributed by atoms with Crippen LogP contribution >= 0.6 is 0 Å². The van der Waals surface area contributed by atoms with Crippen molar-refractivity contribution in [1.82, 2.24) is 0 Å². The predicted octanol–water partition coefficient (Wildman–Crippen LogP) is 3.13. The van der Waals surface area contributed by atoms with Gasteiger partial charge in [-0.2, -0.15) is 0 Å². The Hall–Kier alpha value is -1.05. The van der Waals surface area contributed by atoms with Crippen molar-refractivity contribution >= 4 is 0 Å². The van der Waals surface area contributed by atoms with Gasteiger partial charge in [-0.3, -0.25) is 0 Å². The summed E-state index contributed by atoms with van der Waals surface area (Å²) in [5.74, 6) is 0.829. The minimum absolute atomic E-state index is 0.553. The molecule has 0 atom stereocenters. The van der Waals surface area contributed by atoms with Gasteiger partial charge in [0.2, 0.25) is 0 Å². The SMILES string of the molecule is COc1ccc(CC2(F)CCC2)cc1. The van der Waals surface area contributed by atoms with Crippen LogP contribution in [-0.4, -0.2) is 12.8 Å². The molecule has 0 spiro atoms. The third-order valence-electron chi connectivity index (χ3n) is 2.93. The first-order valence-electron chi connectivity index (χ1n) is 5.04. The Morgan fingerprint density at radius 3 is 2.36 bits per heavy atom. The first-order valence-corrected chi connectivity index (χ1v) is 5.04. The summed E-state index contributed by atoms with van der Waals surface area (Å²) in [6.07, 6.45) is 3.03. The Kier molecular flexibility index (Phi) is 2.44. The van der Waals surface area contributed by atoms with Crippen molar-refractivity contribution in [2.24, 2.45) is 0 Å². The molecule has 1 aromatic rings. The number of benzene rings is 1. The van der Waals surface area contributed by atoms with E-state index >= 15 is 0 Å². The fraction of sp³-hybridized carbons (Fsp3) is 0.500. The third kappa shape index (κ3) is 1.89. The Bertz CT molecular complexity index is 301. The van der Waals surface area contributed by atoms with Gasteiger partial charge in [-0.1, -0.05) is 12.1 Å². The molecule has 0 radical (unpaired) electrons. The second kappa shape index (κ2) is 3.60. The zero-order valence-corrected chi connectivity index (χ0v) is 8.42. The number of hydrogen-bond acceptors (Lipinski definition) is 1. The van der Waals surface area contributed by atoms with Crippen molar-refractivity contribution in [2.45, 2.75) is 31.4 Å². The topological polar surface area (TPSA) is 9.23 Å². The van der Waals surface area contributed by atoms with E-state index in [0.29, 0.717) is 6.42 Å². The van der Waals surface area contributed by atoms with E-state index in [1.54, 1.807) is 7.11 Å². The molecule has 1 fully saturated rings. The fourth-order valence-corrected chi connectivity index (χ4v) is 1.85. The molecule has 76 valence electrons. The summed E-state index contributed by atoms with van der Waals surface area (Å²) in [6, 6.07) is 7.66. The molecule has 1 nitrogen and oxygen atoms in total. The molecule has 0 aliphatic heterocycles. The maximum atomic E-state index is 13.7. The normalized spacial score (nSPS) is 18.7. The lowest BCUT2D eigenvalue weighted by Crippen LogP contribution is -2.33. The van der Waals surface area contributed by atoms with Gasteiger partial charge in [0.25, 0.3) is 0 Å². The highest BCUT2D eigenvalue weighted by molar-refractivity contribution is 5.28. The molecule has 1 saturated carbocycles. The van der Waals surface area contributed by atoms with E-state index in [9.17, 15) is 4.39 Å². The predicted molar refractivity (Wildman–Crippen MR) is 54.4 cm³/mol. The number of alkyl halides is 1. The van der Waals surface area contributed by atoms with E-state index in [4.69, 9.17) is 4.74 Å². The van der Waals surface area contributed by atoms with Crippen LogP contribution in [0.25, 0.3) is 0 Å². The molecule has 0 amide bonds. The highest BCUT2D eigenvalue weighted by Crippen LogP contribution is 2.38. The van der Waals surface area contributed by atoms with Gasteiger partial charge in [-0.05, 0) is 37.0 Å². The maximum absolute atomic E-state index is 13.7. The molecule has 2 rings (SSSR count). The summed E-state index contributed by atoms with van der Waals surface area (Å²) in [7, 11) is 1.64. The monoisotopic (exact) mass is 194 g/mol. The third-order valence-corrected chi connectivity index (χ3v) is 2.93. The van der Waals surface area contributed by atoms with Crippen LogP contribution in [-0.2, 0) is 6.42 Å². The van der Waals surface area contributed by atoms with Crippen LogP contribution in [0.5, 0.6) is 5.75 Å². The highest BCUT2D eigenvalue weighted by atomic mass is 19.1. The molecule has 0 bridgehead atoms. The Morgan fingerprint density at radius 2 is 1.93 bits per heavy atom. The first-order chi connectivity index (χ1) is 6.72. The molecule has 14 heavy (non-hydrogen) atoms. The Labute approximate surface area is 83.9 Å². The minimum atomic E-state index is -0.922. The number of halogens is 1. The van der Waals surface area contributed by atoms with Crippen LogP contribution in [0.15, 0.2) is 24.3 Å². The van der Waals surface area contributed by atoms with Crippen molar-refractivity contribution in [2.75, 3.05) is 7.11 Å². The first kappa shape index (κ1) is 9.50. The second-order valence-corrected chi connectivity index (χ2v) is 4.03. The maximum Gasteiger partial charge on any atom is 0.118 e. The van der Waals surface area contributed by atoms with Gasteiger partial charge in [-0.25, -0.2) is 4.39 Å². The smallest absolute Gasteiger partial charge is 0.118 e. The van der Waals surface area contributed by atoms with Crippen LogP contribution in [0.3, 0.4) is 0 Å². The van der Waals surface area contributed by atoms with Crippen molar-refractivity contribution in [1.29, 1.82) is 0 Å². The number of ether oxygens (including phenoxy) is 1. The summed E-state index contributed by atoms with van der Waals surface area (Å²) in [5, 5.41) is 0. The summed E-state index contributed by atoms with van der Waals surface area (Å²) in [5.41, 5.74) is 0.141. The molecule has 0 N–H and O–H groups in total. The van der Waals surface area contributed by atoms with E-state index in [1.165, 1.54) is 0 Å². The Morgan fingerprint density at radius 1 is 1.29 bits per heavy atom. The van der Waals surface area contributed by atoms with Crippen LogP contribution in [0.1, 0.15) is 24.8 Å². The quantitative estimate of drug-likeness (QED) is 0.718. The Balaban J connectivity index is 2.02. The summed E-state index contributed by atoms with van der Waals surface area (Å²) >= 11 is 0. The van der Waals surface area contributed by atoms with Crippen molar-refractivity contribution < 1.29 is 9.13 Å². The second-order valence-electron chi connectivity index (χ2n) is 4.03. The number of hydrogen-bond donors (Lipinski definition) is 0. The van der Waals surface area contributed by atoms with Gasteiger partial charge in [0, 0.05) is 6.42 Å². The van der Waals surface area contributed by atoms with Gasteiger partial charge < -0.3 is 4.74 Å². The molecular weight excluding hydrogens is 179 g/mol. The van der Waals surface area contributed by atoms with Gasteiger partial charge in [-0.15, -0.1) is 0 Å². The average Bonchev–Trinajstić information content (AvgIpc) is 2.17. The average molecular weight is 194 g/mol. The molecule has 1 aromatic carbocycles. The van der Waals surface area contributed by atoms with Crippen molar-refractivity contribution in [3.63, 3.8) is 0 Å². The van der Waals surface area contributed by atoms with E-state index in [1.807, 2.05) is 24.3 Å². The lowest BCUT2D eigenvalue weighted by molar-refractivity contribution is 0.0641. The molecule has 1 aliphatic carbocycles. The van der Waals surface area contributed by atoms with Crippen LogP contribution < -0.4 is 4.74 Å². The zero-order chi connectivity index (χ0) is 10.0. The van der Waals surface area contributed by atoms with E-state index < -0.39 is 5.67 Å². The molecule has 0 saturated heterocycles. The number of methoxy groups -OCH3 is 1. The van der Waals surface area contributed by atoms with Crippen molar-refractivity contribution in [3.05, 3.63) is 29.8 Å². The largest absolute Gasteiger partial charge is 0.497 e. The summed E-state index contributed by atoms with van der Waals surface area (Å²) in [4.78, 5) is 0. The lowest BCUT2D eigenvalue weighted by Gasteiger charge is -2.33. The van der Waals surface area contributed by atoms with E-state index in [0.717, 1.165) is 30.6 Å². The van der Waals surface area contributed by atoms with Gasteiger partial charge in [0.05, 0.1) is 7.11 Å². The van der Waals surface area contributed by atoms with Crippen LogP contribution in [0.4, 0.5) is 4.39 Å².